The summed E-state index contributed by atoms with van der Waals surface area (Å²) in [6, 6.07) is 1.70. The van der Waals surface area contributed by atoms with E-state index in [4.69, 9.17) is 5.73 Å². The number of anilines is 1. The van der Waals surface area contributed by atoms with Crippen LogP contribution in [0.5, 0.6) is 0 Å². The SMILES string of the molecule is CC(C)c1cc2c(NCC(N)C(C)O)nccn2n1. The summed E-state index contributed by atoms with van der Waals surface area (Å²) in [4.78, 5) is 4.30. The Balaban J connectivity index is 2.23. The van der Waals surface area contributed by atoms with Crippen LogP contribution in [0.15, 0.2) is 18.5 Å². The predicted octanol–water partition coefficient (Wildman–Crippen LogP) is 0.973. The first-order chi connectivity index (χ1) is 8.99. The second kappa shape index (κ2) is 5.54. The van der Waals surface area contributed by atoms with E-state index in [1.807, 2.05) is 12.3 Å². The second-order valence-electron chi connectivity index (χ2n) is 5.11. The molecule has 2 aromatic heterocycles. The summed E-state index contributed by atoms with van der Waals surface area (Å²) in [5.41, 5.74) is 7.74. The van der Waals surface area contributed by atoms with Crippen LogP contribution in [0.1, 0.15) is 32.4 Å². The number of rotatable bonds is 5. The molecule has 0 aliphatic carbocycles. The van der Waals surface area contributed by atoms with E-state index < -0.39 is 6.10 Å². The molecule has 2 heterocycles. The van der Waals surface area contributed by atoms with Gasteiger partial charge in [0, 0.05) is 25.0 Å². The number of aromatic nitrogens is 3. The molecule has 0 spiro atoms. The number of hydrogen-bond donors (Lipinski definition) is 3. The molecule has 2 aromatic rings. The number of nitrogens with two attached hydrogens (primary N) is 1. The molecule has 0 aliphatic rings. The van der Waals surface area contributed by atoms with Crippen molar-refractivity contribution in [2.75, 3.05) is 11.9 Å². The van der Waals surface area contributed by atoms with Gasteiger partial charge in [0.1, 0.15) is 5.52 Å². The third kappa shape index (κ3) is 3.02. The van der Waals surface area contributed by atoms with Gasteiger partial charge in [0.05, 0.1) is 11.8 Å². The highest BCUT2D eigenvalue weighted by Gasteiger charge is 2.12. The van der Waals surface area contributed by atoms with Gasteiger partial charge in [0.25, 0.3) is 0 Å². The van der Waals surface area contributed by atoms with E-state index in [1.54, 1.807) is 17.6 Å². The van der Waals surface area contributed by atoms with Gasteiger partial charge in [-0.3, -0.25) is 0 Å². The average molecular weight is 263 g/mol. The van der Waals surface area contributed by atoms with Gasteiger partial charge in [-0.25, -0.2) is 9.50 Å². The zero-order valence-corrected chi connectivity index (χ0v) is 11.5. The standard InChI is InChI=1S/C13H21N5O/c1-8(2)11-6-12-13(15-4-5-18(12)17-11)16-7-10(14)9(3)19/h4-6,8-10,19H,7,14H2,1-3H3,(H,15,16). The van der Waals surface area contributed by atoms with Gasteiger partial charge < -0.3 is 16.2 Å². The van der Waals surface area contributed by atoms with E-state index in [1.165, 1.54) is 0 Å². The smallest absolute Gasteiger partial charge is 0.152 e. The molecule has 0 aromatic carbocycles. The van der Waals surface area contributed by atoms with Crippen LogP contribution >= 0.6 is 0 Å². The van der Waals surface area contributed by atoms with Crippen molar-refractivity contribution in [2.45, 2.75) is 38.8 Å². The Hall–Kier alpha value is -1.66. The quantitative estimate of drug-likeness (QED) is 0.748. The maximum absolute atomic E-state index is 9.39. The van der Waals surface area contributed by atoms with Crippen LogP contribution in [0.2, 0.25) is 0 Å². The van der Waals surface area contributed by atoms with E-state index in [9.17, 15) is 5.11 Å². The molecule has 0 saturated carbocycles. The summed E-state index contributed by atoms with van der Waals surface area (Å²) in [5, 5.41) is 17.0. The van der Waals surface area contributed by atoms with Crippen LogP contribution in [0.25, 0.3) is 5.52 Å². The number of fused-ring (bicyclic) bond motifs is 1. The van der Waals surface area contributed by atoms with Gasteiger partial charge in [-0.1, -0.05) is 13.8 Å². The summed E-state index contributed by atoms with van der Waals surface area (Å²) in [7, 11) is 0. The molecular weight excluding hydrogens is 242 g/mol. The van der Waals surface area contributed by atoms with E-state index >= 15 is 0 Å². The molecule has 2 rings (SSSR count). The Morgan fingerprint density at radius 3 is 2.79 bits per heavy atom. The van der Waals surface area contributed by atoms with Crippen LogP contribution < -0.4 is 11.1 Å². The zero-order chi connectivity index (χ0) is 14.0. The number of aliphatic hydroxyl groups excluding tert-OH is 1. The fraction of sp³-hybridized carbons (Fsp3) is 0.538. The number of hydrogen-bond acceptors (Lipinski definition) is 5. The molecule has 0 aliphatic heterocycles. The molecule has 6 heteroatoms. The highest BCUT2D eigenvalue weighted by molar-refractivity contribution is 5.67. The normalized spacial score (nSPS) is 14.8. The minimum absolute atomic E-state index is 0.324. The van der Waals surface area contributed by atoms with Crippen molar-refractivity contribution < 1.29 is 5.11 Å². The van der Waals surface area contributed by atoms with Crippen molar-refractivity contribution in [2.24, 2.45) is 5.73 Å². The Bertz CT molecular complexity index is 549. The number of aliphatic hydroxyl groups is 1. The van der Waals surface area contributed by atoms with Crippen LogP contribution in [0.3, 0.4) is 0 Å². The van der Waals surface area contributed by atoms with Crippen LogP contribution in [-0.2, 0) is 0 Å². The van der Waals surface area contributed by atoms with Crippen molar-refractivity contribution in [3.8, 4) is 0 Å². The van der Waals surface area contributed by atoms with Crippen LogP contribution in [0.4, 0.5) is 5.82 Å². The van der Waals surface area contributed by atoms with Gasteiger partial charge in [-0.2, -0.15) is 5.10 Å². The number of nitrogens with zero attached hydrogens (tertiary/aromatic N) is 3. The zero-order valence-electron chi connectivity index (χ0n) is 11.5. The van der Waals surface area contributed by atoms with E-state index in [2.05, 4.69) is 29.2 Å². The molecule has 4 N–H and O–H groups in total. The topological polar surface area (TPSA) is 88.5 Å². The van der Waals surface area contributed by atoms with Crippen molar-refractivity contribution in [1.29, 1.82) is 0 Å². The lowest BCUT2D eigenvalue weighted by molar-refractivity contribution is 0.168. The lowest BCUT2D eigenvalue weighted by atomic mass is 10.1. The van der Waals surface area contributed by atoms with Gasteiger partial charge in [-0.05, 0) is 18.9 Å². The largest absolute Gasteiger partial charge is 0.392 e. The van der Waals surface area contributed by atoms with Gasteiger partial charge >= 0.3 is 0 Å². The molecule has 0 fully saturated rings. The van der Waals surface area contributed by atoms with E-state index in [0.717, 1.165) is 17.0 Å². The predicted molar refractivity (Wildman–Crippen MR) is 75.2 cm³/mol. The number of nitrogens with one attached hydrogen (secondary N) is 1. The first-order valence-electron chi connectivity index (χ1n) is 6.51. The Labute approximate surface area is 112 Å². The second-order valence-corrected chi connectivity index (χ2v) is 5.11. The summed E-state index contributed by atoms with van der Waals surface area (Å²) in [6.45, 7) is 6.35. The summed E-state index contributed by atoms with van der Waals surface area (Å²) >= 11 is 0. The lowest BCUT2D eigenvalue weighted by Gasteiger charge is -2.15. The van der Waals surface area contributed by atoms with E-state index in [0.29, 0.717) is 12.5 Å². The third-order valence-corrected chi connectivity index (χ3v) is 3.13. The maximum atomic E-state index is 9.39. The fourth-order valence-electron chi connectivity index (χ4n) is 1.74. The Kier molecular flexibility index (Phi) is 4.01. The van der Waals surface area contributed by atoms with Gasteiger partial charge in [-0.15, -0.1) is 0 Å². The van der Waals surface area contributed by atoms with E-state index in [-0.39, 0.29) is 6.04 Å². The maximum Gasteiger partial charge on any atom is 0.152 e. The van der Waals surface area contributed by atoms with Crippen molar-refractivity contribution in [3.05, 3.63) is 24.2 Å². The van der Waals surface area contributed by atoms with Crippen molar-refractivity contribution >= 4 is 11.3 Å². The first kappa shape index (κ1) is 13.8. The average Bonchev–Trinajstić information content (AvgIpc) is 2.80. The molecule has 0 bridgehead atoms. The highest BCUT2D eigenvalue weighted by atomic mass is 16.3. The summed E-state index contributed by atoms with van der Waals surface area (Å²) in [6.07, 6.45) is 2.96. The van der Waals surface area contributed by atoms with Crippen molar-refractivity contribution in [1.82, 2.24) is 14.6 Å². The van der Waals surface area contributed by atoms with Gasteiger partial charge in [0.2, 0.25) is 0 Å². The lowest BCUT2D eigenvalue weighted by Crippen LogP contribution is -2.38. The van der Waals surface area contributed by atoms with Crippen molar-refractivity contribution in [3.63, 3.8) is 0 Å². The monoisotopic (exact) mass is 263 g/mol. The highest BCUT2D eigenvalue weighted by Crippen LogP contribution is 2.19. The molecule has 0 amide bonds. The Morgan fingerprint density at radius 2 is 2.16 bits per heavy atom. The molecule has 6 nitrogen and oxygen atoms in total. The Morgan fingerprint density at radius 1 is 1.42 bits per heavy atom. The molecule has 2 unspecified atom stereocenters. The molecule has 0 saturated heterocycles. The minimum Gasteiger partial charge on any atom is -0.392 e. The molecular formula is C13H21N5O. The fourth-order valence-corrected chi connectivity index (χ4v) is 1.74. The molecule has 104 valence electrons. The minimum atomic E-state index is -0.552. The molecule has 2 atom stereocenters. The summed E-state index contributed by atoms with van der Waals surface area (Å²) in [5.74, 6) is 1.10. The molecule has 0 radical (unpaired) electrons. The first-order valence-corrected chi connectivity index (χ1v) is 6.51. The molecule has 19 heavy (non-hydrogen) atoms. The van der Waals surface area contributed by atoms with Crippen LogP contribution in [0, 0.1) is 0 Å². The summed E-state index contributed by atoms with van der Waals surface area (Å²) < 4.78 is 1.80. The van der Waals surface area contributed by atoms with Gasteiger partial charge in [0.15, 0.2) is 5.82 Å². The third-order valence-electron chi connectivity index (χ3n) is 3.13. The van der Waals surface area contributed by atoms with Crippen LogP contribution in [-0.4, -0.2) is 38.4 Å².